The van der Waals surface area contributed by atoms with E-state index in [-0.39, 0.29) is 22.2 Å². The lowest BCUT2D eigenvalue weighted by atomic mass is 10.0. The molecule has 4 rings (SSSR count). The van der Waals surface area contributed by atoms with Crippen molar-refractivity contribution in [3.05, 3.63) is 40.4 Å². The van der Waals surface area contributed by atoms with Gasteiger partial charge in [0, 0.05) is 12.5 Å². The third-order valence-electron chi connectivity index (χ3n) is 7.72. The van der Waals surface area contributed by atoms with Gasteiger partial charge in [-0.3, -0.25) is 19.1 Å². The van der Waals surface area contributed by atoms with Gasteiger partial charge in [0.2, 0.25) is 11.8 Å². The Bertz CT molecular complexity index is 1430. The Hall–Kier alpha value is -3.03. The van der Waals surface area contributed by atoms with Crippen molar-refractivity contribution in [1.82, 2.24) is 20.3 Å². The molecule has 1 aliphatic carbocycles. The number of halogens is 2. The molecule has 1 aromatic carbocycles. The molecule has 0 bridgehead atoms. The third kappa shape index (κ3) is 8.57. The van der Waals surface area contributed by atoms with E-state index in [2.05, 4.69) is 15.4 Å². The molecule has 1 aromatic rings. The van der Waals surface area contributed by atoms with Crippen LogP contribution in [0.2, 0.25) is 10.0 Å². The van der Waals surface area contributed by atoms with Crippen LogP contribution >= 0.6 is 23.2 Å². The third-order valence-corrected chi connectivity index (χ3v) is 9.42. The van der Waals surface area contributed by atoms with E-state index >= 15 is 0 Å². The summed E-state index contributed by atoms with van der Waals surface area (Å²) in [7, 11) is -4.41. The monoisotopic (exact) mass is 671 g/mol. The highest BCUT2D eigenvalue weighted by molar-refractivity contribution is 7.91. The van der Waals surface area contributed by atoms with E-state index in [9.17, 15) is 27.6 Å². The van der Waals surface area contributed by atoms with Crippen LogP contribution in [0.4, 0.5) is 10.5 Å². The fraction of sp³-hybridized carbons (Fsp3) is 0.586. The molecule has 4 N–H and O–H groups in total. The second-order valence-corrected chi connectivity index (χ2v) is 14.6. The summed E-state index contributed by atoms with van der Waals surface area (Å²) in [5.41, 5.74) is -2.19. The van der Waals surface area contributed by atoms with Gasteiger partial charge in [0.05, 0.1) is 15.7 Å². The summed E-state index contributed by atoms with van der Waals surface area (Å²) in [5.74, 6) is -2.31. The molecule has 2 aliphatic heterocycles. The molecule has 4 atom stereocenters. The predicted octanol–water partition coefficient (Wildman–Crippen LogP) is 4.05. The standard InChI is InChI=1S/C29H39Cl2N5O7S/c1-28(2,3)43-27(40)32-22-11-8-6-4-5-7-10-18-17-29(18,33-24(37)23-12-9-15-36(23)25(22)38)26(39)35-44(41,42)34-19-13-14-20(30)21(31)16-19/h7,10,13-14,16,18,22-23,34H,4-6,8-9,11-12,15,17H2,1-3H3,(H,32,40)(H,33,37)(H,35,39)/b10-7-. The van der Waals surface area contributed by atoms with Gasteiger partial charge in [0.25, 0.3) is 5.91 Å². The molecule has 3 aliphatic rings. The van der Waals surface area contributed by atoms with Gasteiger partial charge < -0.3 is 20.3 Å². The summed E-state index contributed by atoms with van der Waals surface area (Å²) in [6.07, 6.45) is 7.44. The normalized spacial score (nSPS) is 27.0. The number of hydrogen-bond acceptors (Lipinski definition) is 7. The number of nitrogens with one attached hydrogen (secondary N) is 4. The summed E-state index contributed by atoms with van der Waals surface area (Å²) < 4.78 is 35.4. The second-order valence-electron chi connectivity index (χ2n) is 12.4. The summed E-state index contributed by atoms with van der Waals surface area (Å²) in [6, 6.07) is 2.32. The van der Waals surface area contributed by atoms with Crippen molar-refractivity contribution >= 4 is 62.9 Å². The lowest BCUT2D eigenvalue weighted by molar-refractivity contribution is -0.141. The topological polar surface area (TPSA) is 163 Å². The van der Waals surface area contributed by atoms with Crippen LogP contribution in [0.1, 0.15) is 72.1 Å². The van der Waals surface area contributed by atoms with Gasteiger partial charge in [0.1, 0.15) is 23.2 Å². The number of carbonyl (C=O) groups excluding carboxylic acids is 4. The molecular weight excluding hydrogens is 633 g/mol. The first-order chi connectivity index (χ1) is 20.6. The Labute approximate surface area is 267 Å². The SMILES string of the molecule is CC(C)(C)OC(=O)NC1CCCCC/C=C\C2CC2(C(=O)NS(=O)(=O)Nc2ccc(Cl)c(Cl)c2)NC(=O)C2CCCN2C1=O. The molecule has 15 heteroatoms. The summed E-state index contributed by atoms with van der Waals surface area (Å²) in [5, 5.41) is 5.82. The quantitative estimate of drug-likeness (QED) is 0.343. The second kappa shape index (κ2) is 13.5. The minimum absolute atomic E-state index is 0.0882. The average Bonchev–Trinajstić information content (AvgIpc) is 3.37. The van der Waals surface area contributed by atoms with E-state index in [0.717, 1.165) is 12.8 Å². The molecular formula is C29H39Cl2N5O7S. The van der Waals surface area contributed by atoms with Crippen LogP contribution in [0.3, 0.4) is 0 Å². The molecule has 0 radical (unpaired) electrons. The molecule has 44 heavy (non-hydrogen) atoms. The summed E-state index contributed by atoms with van der Waals surface area (Å²) >= 11 is 11.9. The highest BCUT2D eigenvalue weighted by Crippen LogP contribution is 2.45. The van der Waals surface area contributed by atoms with E-state index in [0.29, 0.717) is 38.6 Å². The molecule has 4 amide bonds. The maximum atomic E-state index is 13.7. The van der Waals surface area contributed by atoms with E-state index in [1.807, 2.05) is 16.9 Å². The largest absolute Gasteiger partial charge is 0.444 e. The van der Waals surface area contributed by atoms with Crippen LogP contribution < -0.4 is 20.1 Å². The number of benzene rings is 1. The molecule has 242 valence electrons. The number of nitrogens with zero attached hydrogens (tertiary/aromatic N) is 1. The smallest absolute Gasteiger partial charge is 0.408 e. The average molecular weight is 673 g/mol. The van der Waals surface area contributed by atoms with Gasteiger partial charge in [-0.15, -0.1) is 0 Å². The van der Waals surface area contributed by atoms with Crippen molar-refractivity contribution in [3.63, 3.8) is 0 Å². The Morgan fingerprint density at radius 2 is 1.82 bits per heavy atom. The van der Waals surface area contributed by atoms with Crippen LogP contribution in [0.15, 0.2) is 30.4 Å². The van der Waals surface area contributed by atoms with Crippen LogP contribution in [-0.4, -0.2) is 66.9 Å². The van der Waals surface area contributed by atoms with Gasteiger partial charge in [0.15, 0.2) is 0 Å². The van der Waals surface area contributed by atoms with Crippen LogP contribution in [0.5, 0.6) is 0 Å². The number of allylic oxidation sites excluding steroid dienone is 1. The van der Waals surface area contributed by atoms with E-state index in [4.69, 9.17) is 27.9 Å². The maximum absolute atomic E-state index is 13.7. The highest BCUT2D eigenvalue weighted by Gasteiger charge is 2.61. The Morgan fingerprint density at radius 3 is 2.52 bits per heavy atom. The van der Waals surface area contributed by atoms with Crippen LogP contribution in [-0.2, 0) is 29.3 Å². The zero-order valence-electron chi connectivity index (χ0n) is 25.0. The maximum Gasteiger partial charge on any atom is 0.408 e. The molecule has 1 saturated carbocycles. The van der Waals surface area contributed by atoms with Gasteiger partial charge in [-0.1, -0.05) is 48.2 Å². The molecule has 2 heterocycles. The van der Waals surface area contributed by atoms with E-state index in [1.165, 1.54) is 23.1 Å². The van der Waals surface area contributed by atoms with Crippen molar-refractivity contribution in [2.24, 2.45) is 5.92 Å². The fourth-order valence-electron chi connectivity index (χ4n) is 5.50. The Morgan fingerprint density at radius 1 is 1.07 bits per heavy atom. The van der Waals surface area contributed by atoms with Crippen LogP contribution in [0, 0.1) is 5.92 Å². The minimum atomic E-state index is -4.41. The van der Waals surface area contributed by atoms with Crippen molar-refractivity contribution in [2.45, 2.75) is 95.4 Å². The van der Waals surface area contributed by atoms with Gasteiger partial charge in [-0.25, -0.2) is 9.52 Å². The van der Waals surface area contributed by atoms with E-state index < -0.39 is 63.2 Å². The number of alkyl carbamates (subject to hydrolysis) is 1. The molecule has 4 unspecified atom stereocenters. The number of hydrogen-bond donors (Lipinski definition) is 4. The number of ether oxygens (including phenoxy) is 1. The number of carbonyl (C=O) groups is 4. The Kier molecular flexibility index (Phi) is 10.4. The zero-order valence-corrected chi connectivity index (χ0v) is 27.3. The fourth-order valence-corrected chi connectivity index (χ4v) is 6.71. The first-order valence-corrected chi connectivity index (χ1v) is 16.9. The van der Waals surface area contributed by atoms with Crippen molar-refractivity contribution in [3.8, 4) is 0 Å². The number of anilines is 1. The summed E-state index contributed by atoms with van der Waals surface area (Å²) in [4.78, 5) is 54.9. The molecule has 0 aromatic heterocycles. The highest BCUT2D eigenvalue weighted by atomic mass is 35.5. The van der Waals surface area contributed by atoms with Gasteiger partial charge in [-0.2, -0.15) is 8.42 Å². The Balaban J connectivity index is 1.53. The molecule has 1 saturated heterocycles. The van der Waals surface area contributed by atoms with Crippen molar-refractivity contribution in [2.75, 3.05) is 11.3 Å². The first-order valence-electron chi connectivity index (χ1n) is 14.7. The first kappa shape index (κ1) is 33.9. The molecule has 0 spiro atoms. The zero-order chi connectivity index (χ0) is 32.3. The number of rotatable bonds is 5. The molecule has 2 fully saturated rings. The van der Waals surface area contributed by atoms with Gasteiger partial charge >= 0.3 is 16.3 Å². The lowest BCUT2D eigenvalue weighted by Crippen LogP contribution is -2.58. The predicted molar refractivity (Wildman–Crippen MR) is 166 cm³/mol. The number of fused-ring (bicyclic) bond motifs is 2. The van der Waals surface area contributed by atoms with Crippen LogP contribution in [0.25, 0.3) is 0 Å². The minimum Gasteiger partial charge on any atom is -0.444 e. The van der Waals surface area contributed by atoms with Crippen molar-refractivity contribution in [1.29, 1.82) is 0 Å². The van der Waals surface area contributed by atoms with Crippen molar-refractivity contribution < 1.29 is 32.3 Å². The molecule has 12 nitrogen and oxygen atoms in total. The summed E-state index contributed by atoms with van der Waals surface area (Å²) in [6.45, 7) is 5.48. The lowest BCUT2D eigenvalue weighted by Gasteiger charge is -2.30. The van der Waals surface area contributed by atoms with E-state index in [1.54, 1.807) is 20.8 Å². The number of amides is 4. The van der Waals surface area contributed by atoms with Gasteiger partial charge in [-0.05, 0) is 77.5 Å².